The molecule has 0 atom stereocenters. The van der Waals surface area contributed by atoms with Gasteiger partial charge in [0.2, 0.25) is 26.6 Å². The first kappa shape index (κ1) is 22.0. The Labute approximate surface area is 193 Å². The molecule has 4 rings (SSSR count). The summed E-state index contributed by atoms with van der Waals surface area (Å²) in [5.41, 5.74) is 1.19. The minimum absolute atomic E-state index is 0.0450. The maximum absolute atomic E-state index is 13.3. The number of halogens is 2. The molecule has 0 fully saturated rings. The molecule has 9 heteroatoms. The Morgan fingerprint density at radius 2 is 1.66 bits per heavy atom. The van der Waals surface area contributed by atoms with Crippen molar-refractivity contribution < 1.29 is 22.0 Å². The fourth-order valence-electron chi connectivity index (χ4n) is 2.94. The first-order chi connectivity index (χ1) is 15.4. The van der Waals surface area contributed by atoms with Gasteiger partial charge in [-0.1, -0.05) is 15.9 Å². The number of rotatable bonds is 7. The van der Waals surface area contributed by atoms with Gasteiger partial charge in [0.25, 0.3) is 0 Å². The van der Waals surface area contributed by atoms with Crippen LogP contribution < -0.4 is 10.1 Å². The van der Waals surface area contributed by atoms with Crippen LogP contribution >= 0.6 is 15.9 Å². The third-order valence-corrected chi connectivity index (χ3v) is 6.70. The largest absolute Gasteiger partial charge is 0.494 e. The molecule has 1 heterocycles. The lowest BCUT2D eigenvalue weighted by Crippen LogP contribution is -2.05. The maximum Gasteiger partial charge on any atom is 0.238 e. The van der Waals surface area contributed by atoms with E-state index < -0.39 is 15.7 Å². The summed E-state index contributed by atoms with van der Waals surface area (Å²) in [5.74, 6) is 0.237. The highest BCUT2D eigenvalue weighted by Gasteiger charge is 2.29. The molecule has 4 aromatic rings. The highest BCUT2D eigenvalue weighted by Crippen LogP contribution is 2.34. The summed E-state index contributed by atoms with van der Waals surface area (Å²) in [4.78, 5) is 4.18. The van der Waals surface area contributed by atoms with E-state index in [1.807, 2.05) is 6.92 Å². The fraction of sp³-hybridized carbons (Fsp3) is 0.0870. The van der Waals surface area contributed by atoms with E-state index >= 15 is 0 Å². The van der Waals surface area contributed by atoms with Gasteiger partial charge in [-0.15, -0.1) is 0 Å². The number of aromatic nitrogens is 1. The van der Waals surface area contributed by atoms with E-state index in [0.717, 1.165) is 16.6 Å². The molecule has 0 radical (unpaired) electrons. The number of nitrogens with zero attached hydrogens (tertiary/aromatic N) is 1. The van der Waals surface area contributed by atoms with Gasteiger partial charge in [-0.05, 0) is 79.7 Å². The van der Waals surface area contributed by atoms with Gasteiger partial charge < -0.3 is 14.5 Å². The Bertz CT molecular complexity index is 1320. The quantitative estimate of drug-likeness (QED) is 0.293. The van der Waals surface area contributed by atoms with Gasteiger partial charge in [-0.2, -0.15) is 4.98 Å². The highest BCUT2D eigenvalue weighted by atomic mass is 79.9. The SMILES string of the molecule is CCOc1ccc(Nc2oc(-c3ccc(Br)cc3)nc2S(=O)(=O)c2ccc(F)cc2)cc1. The molecule has 164 valence electrons. The normalized spacial score (nSPS) is 11.3. The van der Waals surface area contributed by atoms with E-state index in [1.165, 1.54) is 12.1 Å². The molecule has 0 aliphatic heterocycles. The van der Waals surface area contributed by atoms with Crippen LogP contribution in [0.25, 0.3) is 11.5 Å². The molecule has 0 saturated heterocycles. The number of oxazole rings is 1. The second-order valence-electron chi connectivity index (χ2n) is 6.70. The van der Waals surface area contributed by atoms with Crippen molar-refractivity contribution in [1.82, 2.24) is 4.98 Å². The number of anilines is 2. The third-order valence-electron chi connectivity index (χ3n) is 4.49. The van der Waals surface area contributed by atoms with E-state index in [9.17, 15) is 12.8 Å². The minimum Gasteiger partial charge on any atom is -0.494 e. The third kappa shape index (κ3) is 4.68. The molecule has 0 saturated carbocycles. The van der Waals surface area contributed by atoms with Gasteiger partial charge in [0.05, 0.1) is 11.5 Å². The average Bonchev–Trinajstić information content (AvgIpc) is 3.21. The first-order valence-corrected chi connectivity index (χ1v) is 11.9. The molecule has 0 unspecified atom stereocenters. The van der Waals surface area contributed by atoms with Crippen molar-refractivity contribution in [2.75, 3.05) is 11.9 Å². The Hall–Kier alpha value is -3.17. The van der Waals surface area contributed by atoms with Gasteiger partial charge in [-0.3, -0.25) is 0 Å². The molecule has 3 aromatic carbocycles. The number of ether oxygens (including phenoxy) is 1. The van der Waals surface area contributed by atoms with Gasteiger partial charge in [0.15, 0.2) is 0 Å². The van der Waals surface area contributed by atoms with Crippen LogP contribution in [0.5, 0.6) is 5.75 Å². The Balaban J connectivity index is 1.78. The lowest BCUT2D eigenvalue weighted by Gasteiger charge is -2.07. The zero-order valence-corrected chi connectivity index (χ0v) is 19.3. The van der Waals surface area contributed by atoms with Crippen LogP contribution in [0.4, 0.5) is 16.0 Å². The Morgan fingerprint density at radius 3 is 2.28 bits per heavy atom. The van der Waals surface area contributed by atoms with E-state index in [0.29, 0.717) is 23.6 Å². The van der Waals surface area contributed by atoms with Crippen molar-refractivity contribution in [2.45, 2.75) is 16.8 Å². The standard InChI is InChI=1S/C23H18BrFN2O4S/c1-2-30-19-11-9-18(10-12-19)26-22-23(32(28,29)20-13-7-17(25)8-14-20)27-21(31-22)15-3-5-16(24)6-4-15/h3-14,26H,2H2,1H3. The summed E-state index contributed by atoms with van der Waals surface area (Å²) in [7, 11) is -4.09. The number of hydrogen-bond donors (Lipinski definition) is 1. The van der Waals surface area contributed by atoms with Crippen molar-refractivity contribution in [1.29, 1.82) is 0 Å². The summed E-state index contributed by atoms with van der Waals surface area (Å²) in [6.07, 6.45) is 0. The second kappa shape index (κ2) is 9.13. The Morgan fingerprint density at radius 1 is 1.00 bits per heavy atom. The maximum atomic E-state index is 13.3. The van der Waals surface area contributed by atoms with Crippen molar-refractivity contribution in [3.8, 4) is 17.2 Å². The zero-order chi connectivity index (χ0) is 22.7. The topological polar surface area (TPSA) is 81.4 Å². The van der Waals surface area contributed by atoms with Crippen molar-refractivity contribution >= 4 is 37.3 Å². The van der Waals surface area contributed by atoms with Crippen LogP contribution in [-0.2, 0) is 9.84 Å². The van der Waals surface area contributed by atoms with Crippen molar-refractivity contribution in [2.24, 2.45) is 0 Å². The number of nitrogens with one attached hydrogen (secondary N) is 1. The summed E-state index contributed by atoms with van der Waals surface area (Å²) in [5, 5.41) is 2.69. The minimum atomic E-state index is -4.09. The fourth-order valence-corrected chi connectivity index (χ4v) is 4.46. The Kier molecular flexibility index (Phi) is 6.29. The molecule has 6 nitrogen and oxygen atoms in total. The molecule has 1 N–H and O–H groups in total. The van der Waals surface area contributed by atoms with Gasteiger partial charge in [0.1, 0.15) is 11.6 Å². The van der Waals surface area contributed by atoms with Crippen LogP contribution in [0.15, 0.2) is 91.6 Å². The van der Waals surface area contributed by atoms with Crippen molar-refractivity contribution in [3.05, 3.63) is 83.1 Å². The number of benzene rings is 3. The van der Waals surface area contributed by atoms with Crippen LogP contribution in [0.1, 0.15) is 6.92 Å². The van der Waals surface area contributed by atoms with Crippen LogP contribution in [0.2, 0.25) is 0 Å². The van der Waals surface area contributed by atoms with E-state index in [-0.39, 0.29) is 21.7 Å². The molecule has 1 aromatic heterocycles. The lowest BCUT2D eigenvalue weighted by molar-refractivity contribution is 0.340. The molecule has 0 aliphatic rings. The smallest absolute Gasteiger partial charge is 0.238 e. The van der Waals surface area contributed by atoms with Crippen LogP contribution in [-0.4, -0.2) is 20.0 Å². The number of hydrogen-bond acceptors (Lipinski definition) is 6. The molecular formula is C23H18BrFN2O4S. The average molecular weight is 517 g/mol. The van der Waals surface area contributed by atoms with Gasteiger partial charge >= 0.3 is 0 Å². The second-order valence-corrected chi connectivity index (χ2v) is 9.48. The predicted octanol–water partition coefficient (Wildman–Crippen LogP) is 6.22. The monoisotopic (exact) mass is 516 g/mol. The molecule has 0 bridgehead atoms. The van der Waals surface area contributed by atoms with Gasteiger partial charge in [0, 0.05) is 15.7 Å². The van der Waals surface area contributed by atoms with E-state index in [4.69, 9.17) is 9.15 Å². The first-order valence-electron chi connectivity index (χ1n) is 9.64. The number of sulfone groups is 1. The van der Waals surface area contributed by atoms with E-state index in [2.05, 4.69) is 26.2 Å². The summed E-state index contributed by atoms with van der Waals surface area (Å²) in [6.45, 7) is 2.42. The zero-order valence-electron chi connectivity index (χ0n) is 16.9. The van der Waals surface area contributed by atoms with Crippen molar-refractivity contribution in [3.63, 3.8) is 0 Å². The summed E-state index contributed by atoms with van der Waals surface area (Å²) >= 11 is 3.37. The molecule has 0 aliphatic carbocycles. The van der Waals surface area contributed by atoms with Crippen LogP contribution in [0.3, 0.4) is 0 Å². The lowest BCUT2D eigenvalue weighted by atomic mass is 10.2. The van der Waals surface area contributed by atoms with Gasteiger partial charge in [-0.25, -0.2) is 12.8 Å². The molecule has 0 spiro atoms. The molecule has 32 heavy (non-hydrogen) atoms. The predicted molar refractivity (Wildman–Crippen MR) is 122 cm³/mol. The highest BCUT2D eigenvalue weighted by molar-refractivity contribution is 9.10. The summed E-state index contributed by atoms with van der Waals surface area (Å²) < 4.78 is 52.0. The van der Waals surface area contributed by atoms with Crippen LogP contribution in [0, 0.1) is 5.82 Å². The summed E-state index contributed by atoms with van der Waals surface area (Å²) in [6, 6.07) is 18.7. The molecular weight excluding hydrogens is 499 g/mol. The molecule has 0 amide bonds. The van der Waals surface area contributed by atoms with E-state index in [1.54, 1.807) is 48.5 Å².